The van der Waals surface area contributed by atoms with Gasteiger partial charge in [0.2, 0.25) is 0 Å². The van der Waals surface area contributed by atoms with Crippen molar-refractivity contribution >= 4 is 16.5 Å². The van der Waals surface area contributed by atoms with Crippen LogP contribution in [0.15, 0.2) is 0 Å². The van der Waals surface area contributed by atoms with Crippen molar-refractivity contribution in [3.05, 3.63) is 10.6 Å². The molecule has 1 aromatic heterocycles. The van der Waals surface area contributed by atoms with Crippen molar-refractivity contribution in [3.63, 3.8) is 0 Å². The molecule has 0 bridgehead atoms. The van der Waals surface area contributed by atoms with E-state index >= 15 is 0 Å². The second kappa shape index (κ2) is 6.33. The number of methoxy groups -OCH3 is 1. The Balaban J connectivity index is 2.13. The second-order valence-corrected chi connectivity index (χ2v) is 5.42. The van der Waals surface area contributed by atoms with Crippen LogP contribution in [0.4, 0.5) is 5.13 Å². The first kappa shape index (κ1) is 12.8. The summed E-state index contributed by atoms with van der Waals surface area (Å²) in [6.07, 6.45) is 5.13. The molecule has 0 aliphatic carbocycles. The zero-order valence-electron chi connectivity index (χ0n) is 10.3. The van der Waals surface area contributed by atoms with Crippen molar-refractivity contribution in [1.29, 1.82) is 0 Å². The number of ether oxygens (including phenoxy) is 1. The van der Waals surface area contributed by atoms with Crippen molar-refractivity contribution in [2.24, 2.45) is 0 Å². The van der Waals surface area contributed by atoms with E-state index in [1.54, 1.807) is 18.4 Å². The summed E-state index contributed by atoms with van der Waals surface area (Å²) in [5.74, 6) is 0. The van der Waals surface area contributed by atoms with Crippen LogP contribution < -0.4 is 4.90 Å². The Bertz CT molecular complexity index is 346. The topological polar surface area (TPSA) is 45.6 Å². The normalized spacial score (nSPS) is 17.2. The van der Waals surface area contributed by atoms with Gasteiger partial charge in [0.1, 0.15) is 0 Å². The highest BCUT2D eigenvalue weighted by atomic mass is 32.1. The van der Waals surface area contributed by atoms with Crippen LogP contribution in [0.25, 0.3) is 0 Å². The van der Waals surface area contributed by atoms with Crippen molar-refractivity contribution in [2.75, 3.05) is 25.1 Å². The maximum Gasteiger partial charge on any atom is 0.185 e. The molecular formula is C12H20N2O2S. The van der Waals surface area contributed by atoms with Gasteiger partial charge < -0.3 is 14.7 Å². The zero-order chi connectivity index (χ0) is 12.1. The number of nitrogens with zero attached hydrogens (tertiary/aromatic N) is 2. The third-order valence-electron chi connectivity index (χ3n) is 3.07. The SMILES string of the molecule is COCc1nc(N2CCCCCC2)sc1CO. The summed E-state index contributed by atoms with van der Waals surface area (Å²) in [6, 6.07) is 0. The number of anilines is 1. The average Bonchev–Trinajstić information content (AvgIpc) is 2.58. The highest BCUT2D eigenvalue weighted by Gasteiger charge is 2.16. The Morgan fingerprint density at radius 1 is 1.29 bits per heavy atom. The first-order chi connectivity index (χ1) is 8.35. The van der Waals surface area contributed by atoms with Crippen molar-refractivity contribution in [3.8, 4) is 0 Å². The molecule has 0 amide bonds. The lowest BCUT2D eigenvalue weighted by atomic mass is 10.2. The maximum atomic E-state index is 9.31. The number of hydrogen-bond acceptors (Lipinski definition) is 5. The van der Waals surface area contributed by atoms with E-state index in [0.717, 1.165) is 28.8 Å². The highest BCUT2D eigenvalue weighted by molar-refractivity contribution is 7.15. The van der Waals surface area contributed by atoms with E-state index in [4.69, 9.17) is 4.74 Å². The molecule has 0 unspecified atom stereocenters. The van der Waals surface area contributed by atoms with Gasteiger partial charge in [-0.3, -0.25) is 0 Å². The fourth-order valence-corrected chi connectivity index (χ4v) is 3.11. The third-order valence-corrected chi connectivity index (χ3v) is 4.21. The fourth-order valence-electron chi connectivity index (χ4n) is 2.14. The number of hydrogen-bond donors (Lipinski definition) is 1. The van der Waals surface area contributed by atoms with E-state index in [1.807, 2.05) is 0 Å². The van der Waals surface area contributed by atoms with Crippen LogP contribution in [-0.4, -0.2) is 30.3 Å². The molecule has 1 saturated heterocycles. The van der Waals surface area contributed by atoms with Gasteiger partial charge in [0.25, 0.3) is 0 Å². The average molecular weight is 256 g/mol. The Kier molecular flexibility index (Phi) is 4.76. The van der Waals surface area contributed by atoms with Gasteiger partial charge in [-0.25, -0.2) is 4.98 Å². The van der Waals surface area contributed by atoms with Gasteiger partial charge in [0, 0.05) is 20.2 Å². The van der Waals surface area contributed by atoms with Crippen LogP contribution in [-0.2, 0) is 18.0 Å². The molecule has 1 aliphatic rings. The lowest BCUT2D eigenvalue weighted by Crippen LogP contribution is -2.23. The predicted octanol–water partition coefficient (Wildman–Crippen LogP) is 2.16. The summed E-state index contributed by atoms with van der Waals surface area (Å²) < 4.78 is 5.11. The smallest absolute Gasteiger partial charge is 0.185 e. The lowest BCUT2D eigenvalue weighted by Gasteiger charge is -2.18. The lowest BCUT2D eigenvalue weighted by molar-refractivity contribution is 0.179. The van der Waals surface area contributed by atoms with Gasteiger partial charge in [-0.1, -0.05) is 24.2 Å². The summed E-state index contributed by atoms with van der Waals surface area (Å²) in [5, 5.41) is 10.4. The number of aliphatic hydroxyl groups is 1. The van der Waals surface area contributed by atoms with Crippen molar-refractivity contribution in [2.45, 2.75) is 38.9 Å². The fraction of sp³-hybridized carbons (Fsp3) is 0.750. The molecule has 0 radical (unpaired) electrons. The molecule has 2 heterocycles. The predicted molar refractivity (Wildman–Crippen MR) is 69.4 cm³/mol. The minimum absolute atomic E-state index is 0.0597. The molecule has 17 heavy (non-hydrogen) atoms. The standard InChI is InChI=1S/C12H20N2O2S/c1-16-9-10-11(8-15)17-12(13-10)14-6-4-2-3-5-7-14/h15H,2-9H2,1H3. The van der Waals surface area contributed by atoms with Crippen LogP contribution >= 0.6 is 11.3 Å². The zero-order valence-corrected chi connectivity index (χ0v) is 11.1. The van der Waals surface area contributed by atoms with Crippen molar-refractivity contribution in [1.82, 2.24) is 4.98 Å². The van der Waals surface area contributed by atoms with Crippen LogP contribution in [0.3, 0.4) is 0 Å². The largest absolute Gasteiger partial charge is 0.391 e. The molecule has 5 heteroatoms. The monoisotopic (exact) mass is 256 g/mol. The molecule has 0 aromatic carbocycles. The molecule has 1 fully saturated rings. The van der Waals surface area contributed by atoms with Gasteiger partial charge in [0.15, 0.2) is 5.13 Å². The summed E-state index contributed by atoms with van der Waals surface area (Å²) in [4.78, 5) is 7.87. The number of aliphatic hydroxyl groups excluding tert-OH is 1. The summed E-state index contributed by atoms with van der Waals surface area (Å²) in [5.41, 5.74) is 0.888. The number of aromatic nitrogens is 1. The molecule has 0 spiro atoms. The number of rotatable bonds is 4. The minimum Gasteiger partial charge on any atom is -0.391 e. The van der Waals surface area contributed by atoms with E-state index in [2.05, 4.69) is 9.88 Å². The number of thiazole rings is 1. The van der Waals surface area contributed by atoms with Gasteiger partial charge in [-0.15, -0.1) is 0 Å². The van der Waals surface area contributed by atoms with E-state index < -0.39 is 0 Å². The molecule has 0 saturated carbocycles. The van der Waals surface area contributed by atoms with Crippen LogP contribution in [0.2, 0.25) is 0 Å². The van der Waals surface area contributed by atoms with E-state index in [1.165, 1.54) is 25.7 Å². The molecule has 96 valence electrons. The first-order valence-corrected chi connectivity index (χ1v) is 7.00. The summed E-state index contributed by atoms with van der Waals surface area (Å²) in [7, 11) is 1.66. The minimum atomic E-state index is 0.0597. The van der Waals surface area contributed by atoms with Gasteiger partial charge in [0.05, 0.1) is 23.8 Å². The van der Waals surface area contributed by atoms with Gasteiger partial charge in [-0.2, -0.15) is 0 Å². The Hall–Kier alpha value is -0.650. The Morgan fingerprint density at radius 3 is 2.59 bits per heavy atom. The van der Waals surface area contributed by atoms with E-state index in [0.29, 0.717) is 6.61 Å². The molecule has 4 nitrogen and oxygen atoms in total. The van der Waals surface area contributed by atoms with Gasteiger partial charge >= 0.3 is 0 Å². The van der Waals surface area contributed by atoms with Gasteiger partial charge in [-0.05, 0) is 12.8 Å². The molecule has 1 N–H and O–H groups in total. The van der Waals surface area contributed by atoms with E-state index in [-0.39, 0.29) is 6.61 Å². The second-order valence-electron chi connectivity index (χ2n) is 4.36. The third kappa shape index (κ3) is 3.18. The summed E-state index contributed by atoms with van der Waals surface area (Å²) >= 11 is 1.60. The van der Waals surface area contributed by atoms with Crippen molar-refractivity contribution < 1.29 is 9.84 Å². The molecule has 1 aliphatic heterocycles. The van der Waals surface area contributed by atoms with Crippen LogP contribution in [0.1, 0.15) is 36.3 Å². The molecule has 2 rings (SSSR count). The van der Waals surface area contributed by atoms with Crippen LogP contribution in [0.5, 0.6) is 0 Å². The molecule has 0 atom stereocenters. The Morgan fingerprint density at radius 2 is 2.00 bits per heavy atom. The maximum absolute atomic E-state index is 9.31. The Labute approximate surface area is 106 Å². The van der Waals surface area contributed by atoms with E-state index in [9.17, 15) is 5.11 Å². The quantitative estimate of drug-likeness (QED) is 0.896. The molecular weight excluding hydrogens is 236 g/mol. The summed E-state index contributed by atoms with van der Waals surface area (Å²) in [6.45, 7) is 2.72. The highest BCUT2D eigenvalue weighted by Crippen LogP contribution is 2.28. The van der Waals surface area contributed by atoms with Crippen LogP contribution in [0, 0.1) is 0 Å². The molecule has 1 aromatic rings. The first-order valence-electron chi connectivity index (χ1n) is 6.18.